The zero-order valence-corrected chi connectivity index (χ0v) is 18.8. The first kappa shape index (κ1) is 23.2. The first-order valence-electron chi connectivity index (χ1n) is 9.64. The summed E-state index contributed by atoms with van der Waals surface area (Å²) in [5, 5.41) is 13.5. The molecule has 0 fully saturated rings. The molecular formula is C21H31N2O5P. The first-order valence-corrected chi connectivity index (χ1v) is 11.3. The summed E-state index contributed by atoms with van der Waals surface area (Å²) in [6, 6.07) is 7.16. The van der Waals surface area contributed by atoms with Gasteiger partial charge in [0.1, 0.15) is 5.66 Å². The van der Waals surface area contributed by atoms with E-state index < -0.39 is 13.3 Å². The number of rotatable bonds is 10. The molecule has 8 heteroatoms. The number of pyridine rings is 1. The quantitative estimate of drug-likeness (QED) is 0.502. The average molecular weight is 422 g/mol. The summed E-state index contributed by atoms with van der Waals surface area (Å²) < 4.78 is 31.0. The Morgan fingerprint density at radius 1 is 1.17 bits per heavy atom. The summed E-state index contributed by atoms with van der Waals surface area (Å²) in [6.07, 6.45) is 2.80. The molecule has 0 aliphatic rings. The molecule has 0 aliphatic heterocycles. The fourth-order valence-corrected chi connectivity index (χ4v) is 5.32. The van der Waals surface area contributed by atoms with Crippen LogP contribution in [-0.4, -0.2) is 36.0 Å². The van der Waals surface area contributed by atoms with Crippen LogP contribution in [0.5, 0.6) is 11.5 Å². The van der Waals surface area contributed by atoms with Crippen LogP contribution in [0.15, 0.2) is 36.7 Å². The molecule has 29 heavy (non-hydrogen) atoms. The molecular weight excluding hydrogens is 391 g/mol. The number of aromatic hydroxyl groups is 1. The maximum atomic E-state index is 13.9. The van der Waals surface area contributed by atoms with E-state index in [4.69, 9.17) is 13.8 Å². The molecule has 0 aliphatic carbocycles. The standard InChI is InChI=1S/C21H31N2O5P/c1-14(2)27-29(25,28-15(3)4)20(13-23-18-8-7-9-22-12-18)17-10-16(5)21(24)19(11-17)26-6/h7-12,14-15,20,23-24H,13H2,1-6H3. The van der Waals surface area contributed by atoms with Crippen LogP contribution >= 0.6 is 7.60 Å². The maximum Gasteiger partial charge on any atom is 0.340 e. The van der Waals surface area contributed by atoms with Gasteiger partial charge < -0.3 is 24.2 Å². The van der Waals surface area contributed by atoms with Gasteiger partial charge in [0.15, 0.2) is 11.5 Å². The highest BCUT2D eigenvalue weighted by molar-refractivity contribution is 7.54. The molecule has 0 saturated heterocycles. The number of aryl methyl sites for hydroxylation is 1. The number of nitrogens with one attached hydrogen (secondary N) is 1. The number of anilines is 1. The molecule has 2 rings (SSSR count). The largest absolute Gasteiger partial charge is 0.504 e. The lowest BCUT2D eigenvalue weighted by molar-refractivity contribution is 0.137. The normalized spacial score (nSPS) is 13.0. The average Bonchev–Trinajstić information content (AvgIpc) is 2.63. The fraction of sp³-hybridized carbons (Fsp3) is 0.476. The van der Waals surface area contributed by atoms with Crippen molar-refractivity contribution >= 4 is 13.3 Å². The van der Waals surface area contributed by atoms with Gasteiger partial charge in [-0.05, 0) is 63.9 Å². The second-order valence-electron chi connectivity index (χ2n) is 7.38. The Morgan fingerprint density at radius 3 is 2.34 bits per heavy atom. The molecule has 0 bridgehead atoms. The summed E-state index contributed by atoms with van der Waals surface area (Å²) in [4.78, 5) is 4.10. The van der Waals surface area contributed by atoms with Crippen molar-refractivity contribution in [3.63, 3.8) is 0 Å². The molecule has 0 saturated carbocycles. The van der Waals surface area contributed by atoms with E-state index in [1.807, 2.05) is 39.8 Å². The third-order valence-corrected chi connectivity index (χ3v) is 6.83. The van der Waals surface area contributed by atoms with Crippen LogP contribution in [0.2, 0.25) is 0 Å². The highest BCUT2D eigenvalue weighted by atomic mass is 31.2. The van der Waals surface area contributed by atoms with E-state index in [9.17, 15) is 9.67 Å². The highest BCUT2D eigenvalue weighted by Crippen LogP contribution is 2.63. The van der Waals surface area contributed by atoms with Crippen molar-refractivity contribution in [2.45, 2.75) is 52.5 Å². The zero-order chi connectivity index (χ0) is 21.6. The third kappa shape index (κ3) is 6.20. The molecule has 2 N–H and O–H groups in total. The minimum atomic E-state index is -3.59. The molecule has 1 unspecified atom stereocenters. The van der Waals surface area contributed by atoms with Gasteiger partial charge in [-0.15, -0.1) is 0 Å². The van der Waals surface area contributed by atoms with Crippen molar-refractivity contribution < 1.29 is 23.5 Å². The van der Waals surface area contributed by atoms with Gasteiger partial charge in [0, 0.05) is 18.9 Å². The molecule has 0 radical (unpaired) electrons. The van der Waals surface area contributed by atoms with Gasteiger partial charge in [-0.25, -0.2) is 0 Å². The molecule has 1 heterocycles. The molecule has 1 aromatic heterocycles. The minimum absolute atomic E-state index is 0.0552. The van der Waals surface area contributed by atoms with Gasteiger partial charge in [-0.2, -0.15) is 0 Å². The van der Waals surface area contributed by atoms with Crippen LogP contribution in [0.3, 0.4) is 0 Å². The maximum absolute atomic E-state index is 13.9. The van der Waals surface area contributed by atoms with Crippen LogP contribution in [0.4, 0.5) is 5.69 Å². The van der Waals surface area contributed by atoms with Crippen molar-refractivity contribution in [1.29, 1.82) is 0 Å². The zero-order valence-electron chi connectivity index (χ0n) is 17.9. The number of nitrogens with zero attached hydrogens (tertiary/aromatic N) is 1. The minimum Gasteiger partial charge on any atom is -0.504 e. The van der Waals surface area contributed by atoms with E-state index in [1.54, 1.807) is 31.5 Å². The van der Waals surface area contributed by atoms with Crippen molar-refractivity contribution in [3.8, 4) is 11.5 Å². The Labute approximate surface area is 173 Å². The highest BCUT2D eigenvalue weighted by Gasteiger charge is 2.39. The molecule has 1 atom stereocenters. The fourth-order valence-electron chi connectivity index (χ4n) is 2.98. The number of methoxy groups -OCH3 is 1. The molecule has 0 spiro atoms. The number of phenols is 1. The Bertz CT molecular complexity index is 828. The second-order valence-corrected chi connectivity index (χ2v) is 9.50. The number of hydrogen-bond donors (Lipinski definition) is 2. The van der Waals surface area contributed by atoms with Crippen LogP contribution in [0.1, 0.15) is 44.5 Å². The summed E-state index contributed by atoms with van der Waals surface area (Å²) in [5.74, 6) is 0.367. The van der Waals surface area contributed by atoms with Crippen molar-refractivity contribution in [2.75, 3.05) is 19.0 Å². The van der Waals surface area contributed by atoms with Crippen molar-refractivity contribution in [3.05, 3.63) is 47.8 Å². The Hall–Kier alpha value is -2.08. The summed E-state index contributed by atoms with van der Waals surface area (Å²) in [6.45, 7) is 9.35. The first-order chi connectivity index (χ1) is 13.7. The summed E-state index contributed by atoms with van der Waals surface area (Å²) >= 11 is 0. The lowest BCUT2D eigenvalue weighted by atomic mass is 10.1. The van der Waals surface area contributed by atoms with Gasteiger partial charge in [0.25, 0.3) is 0 Å². The molecule has 160 valence electrons. The third-order valence-electron chi connectivity index (χ3n) is 4.15. The van der Waals surface area contributed by atoms with E-state index in [0.717, 1.165) is 5.69 Å². The van der Waals surface area contributed by atoms with E-state index in [2.05, 4.69) is 10.3 Å². The van der Waals surface area contributed by atoms with Gasteiger partial charge in [-0.1, -0.05) is 6.07 Å². The Morgan fingerprint density at radius 2 is 1.83 bits per heavy atom. The smallest absolute Gasteiger partial charge is 0.340 e. The predicted molar refractivity (Wildman–Crippen MR) is 115 cm³/mol. The lowest BCUT2D eigenvalue weighted by Crippen LogP contribution is -2.20. The van der Waals surface area contributed by atoms with Gasteiger partial charge in [0.05, 0.1) is 25.0 Å². The van der Waals surface area contributed by atoms with Crippen molar-refractivity contribution in [1.82, 2.24) is 4.98 Å². The number of phenolic OH excluding ortho intramolecular Hbond substituents is 1. The summed E-state index contributed by atoms with van der Waals surface area (Å²) in [7, 11) is -2.10. The van der Waals surface area contributed by atoms with Crippen molar-refractivity contribution in [2.24, 2.45) is 0 Å². The van der Waals surface area contributed by atoms with Crippen LogP contribution in [0, 0.1) is 6.92 Å². The van der Waals surface area contributed by atoms with E-state index in [1.165, 1.54) is 7.11 Å². The Balaban J connectivity index is 2.51. The van der Waals surface area contributed by atoms with E-state index in [-0.39, 0.29) is 24.5 Å². The van der Waals surface area contributed by atoms with Crippen LogP contribution < -0.4 is 10.1 Å². The van der Waals surface area contributed by atoms with Crippen LogP contribution in [-0.2, 0) is 13.6 Å². The topological polar surface area (TPSA) is 89.9 Å². The van der Waals surface area contributed by atoms with Gasteiger partial charge in [-0.3, -0.25) is 9.55 Å². The summed E-state index contributed by atoms with van der Waals surface area (Å²) in [5.41, 5.74) is 1.48. The lowest BCUT2D eigenvalue weighted by Gasteiger charge is -2.31. The van der Waals surface area contributed by atoms with E-state index >= 15 is 0 Å². The SMILES string of the molecule is COc1cc(C(CNc2cccnc2)P(=O)(OC(C)C)OC(C)C)cc(C)c1O. The number of hydrogen-bond acceptors (Lipinski definition) is 7. The second kappa shape index (κ2) is 10.1. The predicted octanol–water partition coefficient (Wildman–Crippen LogP) is 5.30. The molecule has 7 nitrogen and oxygen atoms in total. The van der Waals surface area contributed by atoms with Gasteiger partial charge >= 0.3 is 7.60 Å². The van der Waals surface area contributed by atoms with Gasteiger partial charge in [0.2, 0.25) is 0 Å². The van der Waals surface area contributed by atoms with Crippen LogP contribution in [0.25, 0.3) is 0 Å². The monoisotopic (exact) mass is 422 g/mol. The Kier molecular flexibility index (Phi) is 8.08. The van der Waals surface area contributed by atoms with E-state index in [0.29, 0.717) is 16.9 Å². The molecule has 1 aromatic carbocycles. The number of benzene rings is 1. The number of aromatic nitrogens is 1. The molecule has 2 aromatic rings. The molecule has 0 amide bonds. The number of ether oxygens (including phenoxy) is 1.